The molecular weight excluding hydrogens is 252 g/mol. The van der Waals surface area contributed by atoms with Crippen molar-refractivity contribution in [1.82, 2.24) is 9.38 Å². The first kappa shape index (κ1) is 11.9. The van der Waals surface area contributed by atoms with Crippen molar-refractivity contribution in [2.75, 3.05) is 0 Å². The number of fused-ring (bicyclic) bond motifs is 1. The van der Waals surface area contributed by atoms with Crippen LogP contribution in [0, 0.1) is 6.92 Å². The van der Waals surface area contributed by atoms with E-state index in [0.29, 0.717) is 0 Å². The molecule has 3 rings (SSSR count). The third-order valence-electron chi connectivity index (χ3n) is 3.00. The molecular formula is C16H14N2S. The Kier molecular flexibility index (Phi) is 3.05. The van der Waals surface area contributed by atoms with E-state index >= 15 is 0 Å². The Morgan fingerprint density at radius 1 is 1.26 bits per heavy atom. The second-order valence-corrected chi connectivity index (χ2v) is 5.46. The van der Waals surface area contributed by atoms with Crippen LogP contribution in [0.1, 0.15) is 10.6 Å². The summed E-state index contributed by atoms with van der Waals surface area (Å²) in [7, 11) is 0. The van der Waals surface area contributed by atoms with Gasteiger partial charge in [-0.2, -0.15) is 0 Å². The Hall–Kier alpha value is -2.13. The number of rotatable bonds is 3. The lowest BCUT2D eigenvalue weighted by Crippen LogP contribution is -1.82. The summed E-state index contributed by atoms with van der Waals surface area (Å²) in [4.78, 5) is 6.99. The summed E-state index contributed by atoms with van der Waals surface area (Å²) >= 11 is 1.71. The lowest BCUT2D eigenvalue weighted by Gasteiger charge is -1.95. The third-order valence-corrected chi connectivity index (χ3v) is 3.98. The number of benzene rings is 1. The molecule has 94 valence electrons. The van der Waals surface area contributed by atoms with Crippen LogP contribution < -0.4 is 0 Å². The lowest BCUT2D eigenvalue weighted by molar-refractivity contribution is 1.19. The fraction of sp³-hybridized carbons (Fsp3) is 0.0625. The fourth-order valence-electron chi connectivity index (χ4n) is 2.07. The average Bonchev–Trinajstić information content (AvgIpc) is 2.95. The van der Waals surface area contributed by atoms with Crippen LogP contribution >= 0.6 is 11.3 Å². The number of hydrogen-bond acceptors (Lipinski definition) is 2. The molecule has 2 heterocycles. The highest BCUT2D eigenvalue weighted by atomic mass is 32.1. The van der Waals surface area contributed by atoms with Gasteiger partial charge in [0.2, 0.25) is 0 Å². The van der Waals surface area contributed by atoms with Gasteiger partial charge in [-0.1, -0.05) is 49.1 Å². The molecule has 0 amide bonds. The van der Waals surface area contributed by atoms with E-state index in [0.717, 1.165) is 16.2 Å². The molecule has 3 aromatic rings. The standard InChI is InChI=1S/C16H14N2S/c1-3-4-10-15-12(2)19-16-17-14(11-18(15)16)13-8-6-5-7-9-13/h3-11H,1H2,2H3/b10-4-. The van der Waals surface area contributed by atoms with Crippen molar-refractivity contribution in [1.29, 1.82) is 0 Å². The maximum atomic E-state index is 4.69. The molecule has 0 saturated carbocycles. The Labute approximate surface area is 116 Å². The largest absolute Gasteiger partial charge is 0.290 e. The summed E-state index contributed by atoms with van der Waals surface area (Å²) in [6.07, 6.45) is 7.91. The van der Waals surface area contributed by atoms with Crippen molar-refractivity contribution in [2.24, 2.45) is 0 Å². The van der Waals surface area contributed by atoms with Crippen molar-refractivity contribution < 1.29 is 0 Å². The van der Waals surface area contributed by atoms with Crippen LogP contribution in [0.2, 0.25) is 0 Å². The van der Waals surface area contributed by atoms with E-state index in [1.54, 1.807) is 17.4 Å². The van der Waals surface area contributed by atoms with Gasteiger partial charge in [-0.25, -0.2) is 4.98 Å². The number of aryl methyl sites for hydroxylation is 1. The second-order valence-electron chi connectivity index (χ2n) is 4.28. The molecule has 1 aromatic carbocycles. The van der Waals surface area contributed by atoms with E-state index in [4.69, 9.17) is 4.98 Å². The van der Waals surface area contributed by atoms with Gasteiger partial charge in [-0.05, 0) is 13.0 Å². The minimum absolute atomic E-state index is 1.01. The van der Waals surface area contributed by atoms with Crippen molar-refractivity contribution >= 4 is 22.4 Å². The van der Waals surface area contributed by atoms with Gasteiger partial charge in [0.25, 0.3) is 0 Å². The average molecular weight is 266 g/mol. The van der Waals surface area contributed by atoms with Gasteiger partial charge >= 0.3 is 0 Å². The number of hydrogen-bond donors (Lipinski definition) is 0. The van der Waals surface area contributed by atoms with Gasteiger partial charge in [-0.15, -0.1) is 11.3 Å². The van der Waals surface area contributed by atoms with Gasteiger partial charge < -0.3 is 0 Å². The number of imidazole rings is 1. The number of aromatic nitrogens is 2. The Bertz CT molecular complexity index is 748. The summed E-state index contributed by atoms with van der Waals surface area (Å²) in [6, 6.07) is 10.3. The van der Waals surface area contributed by atoms with Crippen LogP contribution in [0.25, 0.3) is 22.3 Å². The van der Waals surface area contributed by atoms with Crippen LogP contribution in [0.15, 0.2) is 55.3 Å². The maximum Gasteiger partial charge on any atom is 0.194 e. The molecule has 0 spiro atoms. The Morgan fingerprint density at radius 3 is 2.79 bits per heavy atom. The van der Waals surface area contributed by atoms with E-state index in [1.807, 2.05) is 24.3 Å². The van der Waals surface area contributed by atoms with Crippen molar-refractivity contribution in [3.63, 3.8) is 0 Å². The molecule has 0 aliphatic heterocycles. The topological polar surface area (TPSA) is 17.3 Å². The minimum Gasteiger partial charge on any atom is -0.290 e. The van der Waals surface area contributed by atoms with Gasteiger partial charge in [0.05, 0.1) is 11.4 Å². The quantitative estimate of drug-likeness (QED) is 0.635. The third kappa shape index (κ3) is 2.13. The predicted octanol–water partition coefficient (Wildman–Crippen LogP) is 4.57. The molecule has 0 N–H and O–H groups in total. The molecule has 0 unspecified atom stereocenters. The zero-order valence-corrected chi connectivity index (χ0v) is 11.5. The van der Waals surface area contributed by atoms with Crippen molar-refractivity contribution in [3.05, 3.63) is 65.8 Å². The molecule has 0 aliphatic carbocycles. The molecule has 3 heteroatoms. The highest BCUT2D eigenvalue weighted by Gasteiger charge is 2.10. The first-order valence-electron chi connectivity index (χ1n) is 6.12. The Balaban J connectivity index is 2.14. The van der Waals surface area contributed by atoms with Crippen LogP contribution in [0.5, 0.6) is 0 Å². The van der Waals surface area contributed by atoms with Crippen molar-refractivity contribution in [2.45, 2.75) is 6.92 Å². The van der Waals surface area contributed by atoms with Crippen molar-refractivity contribution in [3.8, 4) is 11.3 Å². The van der Waals surface area contributed by atoms with Crippen LogP contribution in [-0.4, -0.2) is 9.38 Å². The SMILES string of the molecule is C=C/C=C\c1c(C)sc2nc(-c3ccccc3)cn12. The number of nitrogens with zero attached hydrogens (tertiary/aromatic N) is 2. The number of thiazole rings is 1. The normalized spacial score (nSPS) is 11.4. The Morgan fingerprint density at radius 2 is 2.05 bits per heavy atom. The molecule has 2 aromatic heterocycles. The van der Waals surface area contributed by atoms with Gasteiger partial charge in [-0.3, -0.25) is 4.40 Å². The molecule has 0 aliphatic rings. The highest BCUT2D eigenvalue weighted by Crippen LogP contribution is 2.27. The molecule has 0 saturated heterocycles. The molecule has 0 atom stereocenters. The zero-order chi connectivity index (χ0) is 13.2. The van der Waals surface area contributed by atoms with Crippen LogP contribution in [0.4, 0.5) is 0 Å². The molecule has 0 bridgehead atoms. The smallest absolute Gasteiger partial charge is 0.194 e. The minimum atomic E-state index is 1.01. The van der Waals surface area contributed by atoms with E-state index in [9.17, 15) is 0 Å². The van der Waals surface area contributed by atoms with Gasteiger partial charge in [0, 0.05) is 16.6 Å². The van der Waals surface area contributed by atoms with Gasteiger partial charge in [0.1, 0.15) is 0 Å². The lowest BCUT2D eigenvalue weighted by atomic mass is 10.2. The van der Waals surface area contributed by atoms with E-state index in [-0.39, 0.29) is 0 Å². The maximum absolute atomic E-state index is 4.69. The van der Waals surface area contributed by atoms with E-state index in [2.05, 4.69) is 42.3 Å². The van der Waals surface area contributed by atoms with E-state index in [1.165, 1.54) is 10.6 Å². The van der Waals surface area contributed by atoms with Crippen LogP contribution in [-0.2, 0) is 0 Å². The summed E-state index contributed by atoms with van der Waals surface area (Å²) in [5.41, 5.74) is 3.34. The molecule has 19 heavy (non-hydrogen) atoms. The molecule has 0 radical (unpaired) electrons. The molecule has 0 fully saturated rings. The summed E-state index contributed by atoms with van der Waals surface area (Å²) in [6.45, 7) is 5.83. The second kappa shape index (κ2) is 4.86. The summed E-state index contributed by atoms with van der Waals surface area (Å²) in [5, 5.41) is 0. The first-order chi connectivity index (χ1) is 9.29. The zero-order valence-electron chi connectivity index (χ0n) is 10.7. The monoisotopic (exact) mass is 266 g/mol. The summed E-state index contributed by atoms with van der Waals surface area (Å²) < 4.78 is 2.14. The summed E-state index contributed by atoms with van der Waals surface area (Å²) in [5.74, 6) is 0. The van der Waals surface area contributed by atoms with E-state index < -0.39 is 0 Å². The van der Waals surface area contributed by atoms with Gasteiger partial charge in [0.15, 0.2) is 4.96 Å². The predicted molar refractivity (Wildman–Crippen MR) is 82.5 cm³/mol. The highest BCUT2D eigenvalue weighted by molar-refractivity contribution is 7.17. The number of allylic oxidation sites excluding steroid dienone is 2. The fourth-order valence-corrected chi connectivity index (χ4v) is 3.01. The molecule has 2 nitrogen and oxygen atoms in total. The first-order valence-corrected chi connectivity index (χ1v) is 6.94. The van der Waals surface area contributed by atoms with Crippen LogP contribution in [0.3, 0.4) is 0 Å².